The molecule has 47 valence electrons. The molecule has 0 spiro atoms. The Morgan fingerprint density at radius 3 is 2.00 bits per heavy atom. The van der Waals surface area contributed by atoms with Gasteiger partial charge >= 0.3 is 5.97 Å². The minimum atomic E-state index is -0.845. The fraction of sp³-hybridized carbons (Fsp3) is 0.400. The summed E-state index contributed by atoms with van der Waals surface area (Å²) in [6.45, 7) is 3.26. The van der Waals surface area contributed by atoms with Gasteiger partial charge in [-0.3, -0.25) is 0 Å². The second-order valence-electron chi connectivity index (χ2n) is 1.28. The fourth-order valence-corrected chi connectivity index (χ4v) is 0.123. The Bertz CT molecular complexity index is 107. The van der Waals surface area contributed by atoms with Crippen LogP contribution in [-0.4, -0.2) is 11.1 Å². The van der Waals surface area contributed by atoms with Gasteiger partial charge in [0.1, 0.15) is 0 Å². The third kappa shape index (κ3) is 3.90. The van der Waals surface area contributed by atoms with Crippen molar-refractivity contribution in [3.8, 4) is 0 Å². The van der Waals surface area contributed by atoms with E-state index in [1.165, 1.54) is 0 Å². The van der Waals surface area contributed by atoms with Gasteiger partial charge in [0.05, 0.1) is 0 Å². The molecule has 0 rings (SSSR count). The molecule has 0 amide bonds. The standard InChI is InChI=1S/C5H8O2.Mn/c1-3-4(2)5(6)7;/h3H,1-2H3,(H,6,7);. The first-order valence-corrected chi connectivity index (χ1v) is 2.04. The molecule has 1 N–H and O–H groups in total. The molecule has 0 aromatic carbocycles. The van der Waals surface area contributed by atoms with Crippen LogP contribution in [0.25, 0.3) is 0 Å². The normalized spacial score (nSPS) is 10.0. The van der Waals surface area contributed by atoms with Crippen molar-refractivity contribution in [1.29, 1.82) is 0 Å². The first-order valence-electron chi connectivity index (χ1n) is 2.04. The van der Waals surface area contributed by atoms with Gasteiger partial charge in [0.25, 0.3) is 0 Å². The van der Waals surface area contributed by atoms with Gasteiger partial charge in [0.2, 0.25) is 0 Å². The van der Waals surface area contributed by atoms with E-state index < -0.39 is 5.97 Å². The molecule has 0 aromatic heterocycles. The first kappa shape index (κ1) is 10.7. The van der Waals surface area contributed by atoms with Crippen molar-refractivity contribution in [3.05, 3.63) is 11.6 Å². The third-order valence-corrected chi connectivity index (χ3v) is 0.770. The summed E-state index contributed by atoms with van der Waals surface area (Å²) in [4.78, 5) is 9.86. The van der Waals surface area contributed by atoms with Crippen molar-refractivity contribution in [1.82, 2.24) is 0 Å². The summed E-state index contributed by atoms with van der Waals surface area (Å²) in [5, 5.41) is 8.11. The first-order chi connectivity index (χ1) is 3.18. The molecule has 0 bridgehead atoms. The summed E-state index contributed by atoms with van der Waals surface area (Å²) < 4.78 is 0. The average molecular weight is 155 g/mol. The molecule has 1 radical (unpaired) electrons. The second kappa shape index (κ2) is 4.88. The molecule has 0 aliphatic carbocycles. The van der Waals surface area contributed by atoms with Crippen LogP contribution in [0.1, 0.15) is 13.8 Å². The number of carboxylic acids is 1. The van der Waals surface area contributed by atoms with Gasteiger partial charge in [-0.2, -0.15) is 0 Å². The van der Waals surface area contributed by atoms with Crippen LogP contribution in [0.4, 0.5) is 0 Å². The number of carbonyl (C=O) groups is 1. The van der Waals surface area contributed by atoms with Crippen molar-refractivity contribution >= 4 is 5.97 Å². The van der Waals surface area contributed by atoms with Gasteiger partial charge in [0.15, 0.2) is 0 Å². The molecule has 0 fully saturated rings. The van der Waals surface area contributed by atoms with E-state index in [1.54, 1.807) is 19.9 Å². The summed E-state index contributed by atoms with van der Waals surface area (Å²) in [6.07, 6.45) is 1.56. The van der Waals surface area contributed by atoms with Crippen LogP contribution in [0.2, 0.25) is 0 Å². The molecule has 0 heterocycles. The predicted molar refractivity (Wildman–Crippen MR) is 27.1 cm³/mol. The summed E-state index contributed by atoms with van der Waals surface area (Å²) in [6, 6.07) is 0. The van der Waals surface area contributed by atoms with Crippen molar-refractivity contribution in [2.45, 2.75) is 13.8 Å². The number of hydrogen-bond acceptors (Lipinski definition) is 1. The topological polar surface area (TPSA) is 37.3 Å². The smallest absolute Gasteiger partial charge is 0.330 e. The summed E-state index contributed by atoms with van der Waals surface area (Å²) in [5.74, 6) is -0.845. The molecule has 0 saturated heterocycles. The molecule has 0 aromatic rings. The van der Waals surface area contributed by atoms with E-state index in [4.69, 9.17) is 5.11 Å². The Kier molecular flexibility index (Phi) is 6.50. The predicted octanol–water partition coefficient (Wildman–Crippen LogP) is 1.03. The van der Waals surface area contributed by atoms with Crippen LogP contribution in [0.5, 0.6) is 0 Å². The minimum Gasteiger partial charge on any atom is -0.478 e. The quantitative estimate of drug-likeness (QED) is 0.453. The summed E-state index contributed by atoms with van der Waals surface area (Å²) in [5.41, 5.74) is 0.389. The van der Waals surface area contributed by atoms with Crippen molar-refractivity contribution < 1.29 is 27.0 Å². The fourth-order valence-electron chi connectivity index (χ4n) is 0.123. The zero-order valence-electron chi connectivity index (χ0n) is 4.81. The largest absolute Gasteiger partial charge is 0.478 e. The van der Waals surface area contributed by atoms with Crippen LogP contribution < -0.4 is 0 Å². The number of hydrogen-bond donors (Lipinski definition) is 1. The van der Waals surface area contributed by atoms with E-state index >= 15 is 0 Å². The molecule has 8 heavy (non-hydrogen) atoms. The minimum absolute atomic E-state index is 0. The van der Waals surface area contributed by atoms with Gasteiger partial charge < -0.3 is 5.11 Å². The van der Waals surface area contributed by atoms with Gasteiger partial charge in [-0.1, -0.05) is 6.08 Å². The number of carboxylic acid groups (broad SMARTS) is 1. The number of rotatable bonds is 1. The molecule has 2 nitrogen and oxygen atoms in total. The van der Waals surface area contributed by atoms with Gasteiger partial charge in [-0.15, -0.1) is 0 Å². The molecule has 0 aliphatic heterocycles. The third-order valence-electron chi connectivity index (χ3n) is 0.770. The number of allylic oxidation sites excluding steroid dienone is 1. The van der Waals surface area contributed by atoms with Crippen LogP contribution in [0.15, 0.2) is 11.6 Å². The Morgan fingerprint density at radius 2 is 2.00 bits per heavy atom. The Balaban J connectivity index is 0. The molecule has 0 aliphatic rings. The zero-order chi connectivity index (χ0) is 5.86. The summed E-state index contributed by atoms with van der Waals surface area (Å²) >= 11 is 0. The average Bonchev–Trinajstić information content (AvgIpc) is 1.65. The Morgan fingerprint density at radius 1 is 1.62 bits per heavy atom. The van der Waals surface area contributed by atoms with Gasteiger partial charge in [-0.25, -0.2) is 4.79 Å². The monoisotopic (exact) mass is 155 g/mol. The molecular weight excluding hydrogens is 147 g/mol. The Hall–Kier alpha value is -0.271. The van der Waals surface area contributed by atoms with E-state index in [2.05, 4.69) is 0 Å². The van der Waals surface area contributed by atoms with E-state index in [-0.39, 0.29) is 17.1 Å². The molecule has 0 saturated carbocycles. The van der Waals surface area contributed by atoms with Crippen molar-refractivity contribution in [2.75, 3.05) is 0 Å². The van der Waals surface area contributed by atoms with E-state index in [0.717, 1.165) is 0 Å². The number of aliphatic carboxylic acids is 1. The maximum absolute atomic E-state index is 9.86. The van der Waals surface area contributed by atoms with E-state index in [0.29, 0.717) is 5.57 Å². The van der Waals surface area contributed by atoms with Crippen LogP contribution in [0, 0.1) is 0 Å². The van der Waals surface area contributed by atoms with Crippen molar-refractivity contribution in [2.24, 2.45) is 0 Å². The SMILES string of the molecule is CC=C(C)C(=O)O.[Mn]. The van der Waals surface area contributed by atoms with Gasteiger partial charge in [0, 0.05) is 22.6 Å². The molecular formula is C5H8MnO2. The van der Waals surface area contributed by atoms with Crippen LogP contribution >= 0.6 is 0 Å². The van der Waals surface area contributed by atoms with E-state index in [9.17, 15) is 4.79 Å². The van der Waals surface area contributed by atoms with Crippen LogP contribution in [0.3, 0.4) is 0 Å². The van der Waals surface area contributed by atoms with E-state index in [1.807, 2.05) is 0 Å². The van der Waals surface area contributed by atoms with Crippen LogP contribution in [-0.2, 0) is 21.9 Å². The molecule has 0 atom stereocenters. The molecule has 0 unspecified atom stereocenters. The summed E-state index contributed by atoms with van der Waals surface area (Å²) in [7, 11) is 0. The maximum atomic E-state index is 9.86. The second-order valence-corrected chi connectivity index (χ2v) is 1.28. The Labute approximate surface area is 59.1 Å². The van der Waals surface area contributed by atoms with Crippen molar-refractivity contribution in [3.63, 3.8) is 0 Å². The molecule has 3 heteroatoms. The van der Waals surface area contributed by atoms with Gasteiger partial charge in [-0.05, 0) is 13.8 Å². The zero-order valence-corrected chi connectivity index (χ0v) is 5.99. The maximum Gasteiger partial charge on any atom is 0.330 e.